The van der Waals surface area contributed by atoms with E-state index in [1.165, 1.54) is 19.1 Å². The van der Waals surface area contributed by atoms with Crippen LogP contribution in [0.1, 0.15) is 44.7 Å². The van der Waals surface area contributed by atoms with Crippen molar-refractivity contribution in [1.82, 2.24) is 4.90 Å². The molecule has 2 bridgehead atoms. The summed E-state index contributed by atoms with van der Waals surface area (Å²) >= 11 is 0. The van der Waals surface area contributed by atoms with Gasteiger partial charge in [0.05, 0.1) is 45.8 Å². The number of imide groups is 1. The van der Waals surface area contributed by atoms with E-state index in [1.807, 2.05) is 0 Å². The lowest BCUT2D eigenvalue weighted by atomic mass is 9.69. The molecule has 0 radical (unpaired) electrons. The van der Waals surface area contributed by atoms with Crippen LogP contribution in [0.15, 0.2) is 18.2 Å². The Balaban J connectivity index is 1.82. The van der Waals surface area contributed by atoms with Crippen molar-refractivity contribution in [2.45, 2.75) is 50.9 Å². The summed E-state index contributed by atoms with van der Waals surface area (Å²) in [5, 5.41) is 8.97. The van der Waals surface area contributed by atoms with Gasteiger partial charge >= 0.3 is 6.18 Å². The van der Waals surface area contributed by atoms with Crippen LogP contribution < -0.4 is 4.90 Å². The highest BCUT2D eigenvalue weighted by atomic mass is 19.4. The van der Waals surface area contributed by atoms with Crippen molar-refractivity contribution in [3.8, 4) is 6.07 Å². The molecule has 1 aromatic carbocycles. The molecule has 0 spiro atoms. The van der Waals surface area contributed by atoms with Gasteiger partial charge in [0.15, 0.2) is 0 Å². The summed E-state index contributed by atoms with van der Waals surface area (Å²) in [4.78, 5) is 41.2. The first-order valence-electron chi connectivity index (χ1n) is 9.18. The number of nitriles is 1. The fraction of sp³-hybridized carbons (Fsp3) is 0.500. The van der Waals surface area contributed by atoms with Crippen molar-refractivity contribution in [3.63, 3.8) is 0 Å². The Kier molecular flexibility index (Phi) is 3.74. The van der Waals surface area contributed by atoms with E-state index in [1.54, 1.807) is 18.7 Å². The van der Waals surface area contributed by atoms with Crippen LogP contribution in [0.4, 0.5) is 18.9 Å². The standard InChI is InChI=1S/C20H18F3N3O3/c1-10(27)26-18(2)6-7-19(26,3)15-14(18)16(28)25(17(15)29)12-5-4-11(9-24)13(8-12)20(21,22)23/h4-5,8,14-15H,6-7H2,1-3H3/t14-,15+,18?,19?. The summed E-state index contributed by atoms with van der Waals surface area (Å²) in [5.74, 6) is -3.04. The number of hydrogen-bond donors (Lipinski definition) is 0. The van der Waals surface area contributed by atoms with E-state index in [4.69, 9.17) is 5.26 Å². The lowest BCUT2D eigenvalue weighted by Crippen LogP contribution is -2.52. The number of amides is 3. The molecular weight excluding hydrogens is 387 g/mol. The highest BCUT2D eigenvalue weighted by Crippen LogP contribution is 2.62. The van der Waals surface area contributed by atoms with E-state index < -0.39 is 52.0 Å². The Bertz CT molecular complexity index is 978. The Morgan fingerprint density at radius 1 is 1.14 bits per heavy atom. The number of nitrogens with zero attached hydrogens (tertiary/aromatic N) is 3. The van der Waals surface area contributed by atoms with Gasteiger partial charge in [-0.05, 0) is 44.9 Å². The Labute approximate surface area is 164 Å². The number of anilines is 1. The Morgan fingerprint density at radius 3 is 2.07 bits per heavy atom. The minimum atomic E-state index is -4.80. The summed E-state index contributed by atoms with van der Waals surface area (Å²) in [7, 11) is 0. The molecule has 9 heteroatoms. The van der Waals surface area contributed by atoms with Crippen LogP contribution in [0, 0.1) is 23.2 Å². The van der Waals surface area contributed by atoms with Gasteiger partial charge in [-0.1, -0.05) is 0 Å². The van der Waals surface area contributed by atoms with Gasteiger partial charge in [0, 0.05) is 6.92 Å². The number of carbonyl (C=O) groups is 3. The normalized spacial score (nSPS) is 33.3. The van der Waals surface area contributed by atoms with Crippen LogP contribution in [0.25, 0.3) is 0 Å². The molecule has 4 rings (SSSR count). The average Bonchev–Trinajstić information content (AvgIpc) is 3.13. The molecule has 0 N–H and O–H groups in total. The van der Waals surface area contributed by atoms with Crippen molar-refractivity contribution in [2.75, 3.05) is 4.90 Å². The number of alkyl halides is 3. The molecule has 29 heavy (non-hydrogen) atoms. The number of hydrogen-bond acceptors (Lipinski definition) is 4. The molecule has 1 aromatic rings. The van der Waals surface area contributed by atoms with E-state index in [0.29, 0.717) is 18.9 Å². The summed E-state index contributed by atoms with van der Waals surface area (Å²) in [6.45, 7) is 4.92. The van der Waals surface area contributed by atoms with Gasteiger partial charge in [-0.25, -0.2) is 4.90 Å². The molecule has 3 amide bonds. The zero-order valence-corrected chi connectivity index (χ0v) is 16.0. The van der Waals surface area contributed by atoms with E-state index in [-0.39, 0.29) is 11.6 Å². The number of fused-ring (bicyclic) bond motifs is 5. The zero-order valence-electron chi connectivity index (χ0n) is 16.0. The van der Waals surface area contributed by atoms with E-state index >= 15 is 0 Å². The molecule has 3 aliphatic rings. The van der Waals surface area contributed by atoms with Gasteiger partial charge in [-0.2, -0.15) is 18.4 Å². The lowest BCUT2D eigenvalue weighted by Gasteiger charge is -2.37. The molecule has 0 aliphatic carbocycles. The van der Waals surface area contributed by atoms with Gasteiger partial charge in [0.1, 0.15) is 0 Å². The maximum Gasteiger partial charge on any atom is 0.417 e. The van der Waals surface area contributed by atoms with Gasteiger partial charge < -0.3 is 4.90 Å². The van der Waals surface area contributed by atoms with Crippen molar-refractivity contribution in [1.29, 1.82) is 5.26 Å². The number of benzene rings is 1. The third-order valence-electron chi connectivity index (χ3n) is 6.81. The van der Waals surface area contributed by atoms with Crippen LogP contribution in [0.3, 0.4) is 0 Å². The molecule has 152 valence electrons. The van der Waals surface area contributed by atoms with E-state index in [9.17, 15) is 27.6 Å². The highest BCUT2D eigenvalue weighted by molar-refractivity contribution is 6.23. The quantitative estimate of drug-likeness (QED) is 0.673. The van der Waals surface area contributed by atoms with Crippen molar-refractivity contribution in [2.24, 2.45) is 11.8 Å². The largest absolute Gasteiger partial charge is 0.417 e. The molecule has 3 heterocycles. The topological polar surface area (TPSA) is 81.5 Å². The second-order valence-electron chi connectivity index (χ2n) is 8.38. The number of halogens is 3. The predicted molar refractivity (Wildman–Crippen MR) is 94.2 cm³/mol. The third-order valence-corrected chi connectivity index (χ3v) is 6.81. The maximum atomic E-state index is 13.3. The van der Waals surface area contributed by atoms with Crippen molar-refractivity contribution in [3.05, 3.63) is 29.3 Å². The fourth-order valence-electron chi connectivity index (χ4n) is 5.80. The zero-order chi connectivity index (χ0) is 21.5. The molecule has 3 aliphatic heterocycles. The molecular formula is C20H18F3N3O3. The average molecular weight is 405 g/mol. The number of carbonyl (C=O) groups excluding carboxylic acids is 3. The Hall–Kier alpha value is -2.89. The highest BCUT2D eigenvalue weighted by Gasteiger charge is 2.75. The molecule has 6 nitrogen and oxygen atoms in total. The van der Waals surface area contributed by atoms with Crippen LogP contribution in [-0.2, 0) is 20.6 Å². The number of rotatable bonds is 1. The molecule has 0 saturated carbocycles. The SMILES string of the molecule is CC(=O)N1C2(C)CCC1(C)[C@H]1C(=O)N(c3ccc(C#N)c(C(F)(F)F)c3)C(=O)[C@H]12. The smallest absolute Gasteiger partial charge is 0.330 e. The van der Waals surface area contributed by atoms with E-state index in [2.05, 4.69) is 0 Å². The Morgan fingerprint density at radius 2 is 1.66 bits per heavy atom. The van der Waals surface area contributed by atoms with Crippen LogP contribution >= 0.6 is 0 Å². The first kappa shape index (κ1) is 19.4. The monoisotopic (exact) mass is 405 g/mol. The summed E-state index contributed by atoms with van der Waals surface area (Å²) in [6.07, 6.45) is -3.72. The van der Waals surface area contributed by atoms with E-state index in [0.717, 1.165) is 11.0 Å². The van der Waals surface area contributed by atoms with Crippen LogP contribution in [0.5, 0.6) is 0 Å². The molecule has 4 atom stereocenters. The summed E-state index contributed by atoms with van der Waals surface area (Å²) in [5.41, 5.74) is -3.69. The van der Waals surface area contributed by atoms with Gasteiger partial charge in [0.25, 0.3) is 0 Å². The molecule has 2 unspecified atom stereocenters. The molecule has 0 aromatic heterocycles. The first-order chi connectivity index (χ1) is 13.4. The molecule has 3 fully saturated rings. The van der Waals surface area contributed by atoms with Crippen molar-refractivity contribution < 1.29 is 27.6 Å². The second-order valence-corrected chi connectivity index (χ2v) is 8.38. The predicted octanol–water partition coefficient (Wildman–Crippen LogP) is 2.86. The maximum absolute atomic E-state index is 13.3. The third kappa shape index (κ3) is 2.26. The fourth-order valence-corrected chi connectivity index (χ4v) is 5.80. The first-order valence-corrected chi connectivity index (χ1v) is 9.18. The van der Waals surface area contributed by atoms with Crippen molar-refractivity contribution >= 4 is 23.4 Å². The van der Waals surface area contributed by atoms with Crippen LogP contribution in [-0.4, -0.2) is 33.7 Å². The second kappa shape index (κ2) is 5.59. The minimum Gasteiger partial charge on any atom is -0.330 e. The van der Waals surface area contributed by atoms with Gasteiger partial charge in [0.2, 0.25) is 17.7 Å². The minimum absolute atomic E-state index is 0.207. The molecule has 3 saturated heterocycles. The summed E-state index contributed by atoms with van der Waals surface area (Å²) in [6, 6.07) is 4.30. The van der Waals surface area contributed by atoms with Gasteiger partial charge in [-0.3, -0.25) is 14.4 Å². The van der Waals surface area contributed by atoms with Crippen LogP contribution in [0.2, 0.25) is 0 Å². The summed E-state index contributed by atoms with van der Waals surface area (Å²) < 4.78 is 40.0. The van der Waals surface area contributed by atoms with Gasteiger partial charge in [-0.15, -0.1) is 0 Å². The lowest BCUT2D eigenvalue weighted by molar-refractivity contribution is -0.139.